The third-order valence-electron chi connectivity index (χ3n) is 2.20. The molecule has 3 heteroatoms. The summed E-state index contributed by atoms with van der Waals surface area (Å²) in [7, 11) is 0. The quantitative estimate of drug-likeness (QED) is 0.853. The van der Waals surface area contributed by atoms with Gasteiger partial charge in [0.1, 0.15) is 12.4 Å². The zero-order valence-electron chi connectivity index (χ0n) is 9.96. The van der Waals surface area contributed by atoms with Gasteiger partial charge in [0.25, 0.3) is 0 Å². The molecule has 0 saturated heterocycles. The minimum atomic E-state index is -0.0187. The SMILES string of the molecule is CC(C)=CCOc1cc(Br)ccc1C(C)N. The standard InChI is InChI=1S/C13H18BrNO/c1-9(2)6-7-16-13-8-11(14)4-5-12(13)10(3)15/h4-6,8,10H,7,15H2,1-3H3. The van der Waals surface area contributed by atoms with Gasteiger partial charge in [0.2, 0.25) is 0 Å². The molecule has 0 aliphatic heterocycles. The molecule has 2 N–H and O–H groups in total. The predicted molar refractivity (Wildman–Crippen MR) is 71.7 cm³/mol. The number of hydrogen-bond donors (Lipinski definition) is 1. The van der Waals surface area contributed by atoms with Gasteiger partial charge in [0.05, 0.1) is 0 Å². The molecule has 1 aromatic rings. The van der Waals surface area contributed by atoms with Gasteiger partial charge in [-0.1, -0.05) is 27.6 Å². The Kier molecular flexibility index (Phi) is 5.03. The lowest BCUT2D eigenvalue weighted by molar-refractivity contribution is 0.355. The fourth-order valence-electron chi connectivity index (χ4n) is 1.31. The van der Waals surface area contributed by atoms with Crippen LogP contribution in [0.4, 0.5) is 0 Å². The van der Waals surface area contributed by atoms with Crippen LogP contribution in [0.15, 0.2) is 34.3 Å². The molecule has 0 aromatic heterocycles. The second-order valence-corrected chi connectivity index (χ2v) is 4.98. The molecule has 0 bridgehead atoms. The molecule has 0 radical (unpaired) electrons. The first-order chi connectivity index (χ1) is 7.50. The Labute approximate surface area is 106 Å². The molecule has 0 heterocycles. The summed E-state index contributed by atoms with van der Waals surface area (Å²) in [6, 6.07) is 5.91. The number of allylic oxidation sites excluding steroid dienone is 1. The van der Waals surface area contributed by atoms with E-state index in [1.807, 2.05) is 31.2 Å². The maximum Gasteiger partial charge on any atom is 0.125 e. The number of nitrogens with two attached hydrogens (primary N) is 1. The van der Waals surface area contributed by atoms with Crippen LogP contribution in [-0.4, -0.2) is 6.61 Å². The van der Waals surface area contributed by atoms with Crippen LogP contribution in [0.2, 0.25) is 0 Å². The molecule has 0 aliphatic rings. The number of rotatable bonds is 4. The van der Waals surface area contributed by atoms with Gasteiger partial charge < -0.3 is 10.5 Å². The molecule has 1 atom stereocenters. The van der Waals surface area contributed by atoms with Crippen molar-refractivity contribution in [2.24, 2.45) is 5.73 Å². The van der Waals surface area contributed by atoms with Gasteiger partial charge in [-0.25, -0.2) is 0 Å². The highest BCUT2D eigenvalue weighted by molar-refractivity contribution is 9.10. The van der Waals surface area contributed by atoms with Gasteiger partial charge in [0, 0.05) is 16.1 Å². The maximum absolute atomic E-state index is 5.89. The lowest BCUT2D eigenvalue weighted by atomic mass is 10.1. The van der Waals surface area contributed by atoms with E-state index >= 15 is 0 Å². The van der Waals surface area contributed by atoms with Crippen LogP contribution < -0.4 is 10.5 Å². The molecule has 1 unspecified atom stereocenters. The highest BCUT2D eigenvalue weighted by Crippen LogP contribution is 2.27. The molecule has 0 fully saturated rings. The molecule has 0 saturated carbocycles. The van der Waals surface area contributed by atoms with Crippen LogP contribution in [0.25, 0.3) is 0 Å². The molecule has 1 rings (SSSR count). The van der Waals surface area contributed by atoms with Gasteiger partial charge in [-0.2, -0.15) is 0 Å². The normalized spacial score (nSPS) is 12.1. The Morgan fingerprint density at radius 1 is 1.50 bits per heavy atom. The van der Waals surface area contributed by atoms with Crippen molar-refractivity contribution >= 4 is 15.9 Å². The fourth-order valence-corrected chi connectivity index (χ4v) is 1.65. The topological polar surface area (TPSA) is 35.2 Å². The molecule has 0 spiro atoms. The molecule has 16 heavy (non-hydrogen) atoms. The molecular formula is C13H18BrNO. The van der Waals surface area contributed by atoms with E-state index in [0.717, 1.165) is 15.8 Å². The predicted octanol–water partition coefficient (Wildman–Crippen LogP) is 3.81. The maximum atomic E-state index is 5.89. The average molecular weight is 284 g/mol. The van der Waals surface area contributed by atoms with Gasteiger partial charge >= 0.3 is 0 Å². The van der Waals surface area contributed by atoms with Crippen molar-refractivity contribution in [1.82, 2.24) is 0 Å². The van der Waals surface area contributed by atoms with Crippen LogP contribution in [-0.2, 0) is 0 Å². The summed E-state index contributed by atoms with van der Waals surface area (Å²) in [4.78, 5) is 0. The highest BCUT2D eigenvalue weighted by atomic mass is 79.9. The molecule has 1 aromatic carbocycles. The number of benzene rings is 1. The molecule has 0 amide bonds. The Morgan fingerprint density at radius 3 is 2.75 bits per heavy atom. The minimum Gasteiger partial charge on any atom is -0.489 e. The summed E-state index contributed by atoms with van der Waals surface area (Å²) in [6.45, 7) is 6.64. The lowest BCUT2D eigenvalue weighted by Crippen LogP contribution is -2.08. The first-order valence-electron chi connectivity index (χ1n) is 5.32. The van der Waals surface area contributed by atoms with E-state index in [4.69, 9.17) is 10.5 Å². The van der Waals surface area contributed by atoms with Crippen molar-refractivity contribution in [3.63, 3.8) is 0 Å². The Morgan fingerprint density at radius 2 is 2.19 bits per heavy atom. The van der Waals surface area contributed by atoms with Gasteiger partial charge in [-0.05, 0) is 39.0 Å². The van der Waals surface area contributed by atoms with Crippen molar-refractivity contribution in [2.75, 3.05) is 6.61 Å². The van der Waals surface area contributed by atoms with E-state index in [-0.39, 0.29) is 6.04 Å². The molecule has 0 aliphatic carbocycles. The van der Waals surface area contributed by atoms with Crippen molar-refractivity contribution < 1.29 is 4.74 Å². The van der Waals surface area contributed by atoms with Crippen molar-refractivity contribution in [3.8, 4) is 5.75 Å². The van der Waals surface area contributed by atoms with Crippen LogP contribution in [0.3, 0.4) is 0 Å². The summed E-state index contributed by atoms with van der Waals surface area (Å²) in [5.41, 5.74) is 8.17. The molecule has 2 nitrogen and oxygen atoms in total. The van der Waals surface area contributed by atoms with Crippen molar-refractivity contribution in [3.05, 3.63) is 39.9 Å². The van der Waals surface area contributed by atoms with Crippen LogP contribution >= 0.6 is 15.9 Å². The largest absolute Gasteiger partial charge is 0.489 e. The molecule has 88 valence electrons. The summed E-state index contributed by atoms with van der Waals surface area (Å²) in [5, 5.41) is 0. The second kappa shape index (κ2) is 6.06. The zero-order valence-corrected chi connectivity index (χ0v) is 11.5. The average Bonchev–Trinajstić information content (AvgIpc) is 2.16. The molecular weight excluding hydrogens is 266 g/mol. The summed E-state index contributed by atoms with van der Waals surface area (Å²) < 4.78 is 6.71. The van der Waals surface area contributed by atoms with Crippen molar-refractivity contribution in [2.45, 2.75) is 26.8 Å². The summed E-state index contributed by atoms with van der Waals surface area (Å²) in [5.74, 6) is 0.849. The van der Waals surface area contributed by atoms with E-state index in [2.05, 4.69) is 29.8 Å². The smallest absolute Gasteiger partial charge is 0.125 e. The van der Waals surface area contributed by atoms with Crippen molar-refractivity contribution in [1.29, 1.82) is 0 Å². The first-order valence-corrected chi connectivity index (χ1v) is 6.11. The van der Waals surface area contributed by atoms with Crippen LogP contribution in [0, 0.1) is 0 Å². The zero-order chi connectivity index (χ0) is 12.1. The van der Waals surface area contributed by atoms with E-state index in [0.29, 0.717) is 6.61 Å². The lowest BCUT2D eigenvalue weighted by Gasteiger charge is -2.13. The van der Waals surface area contributed by atoms with E-state index in [1.54, 1.807) is 0 Å². The second-order valence-electron chi connectivity index (χ2n) is 4.06. The van der Waals surface area contributed by atoms with E-state index in [1.165, 1.54) is 5.57 Å². The van der Waals surface area contributed by atoms with Gasteiger partial charge in [-0.15, -0.1) is 0 Å². The minimum absolute atomic E-state index is 0.0187. The highest BCUT2D eigenvalue weighted by Gasteiger charge is 2.08. The Balaban J connectivity index is 2.84. The van der Waals surface area contributed by atoms with Crippen LogP contribution in [0.1, 0.15) is 32.4 Å². The monoisotopic (exact) mass is 283 g/mol. The summed E-state index contributed by atoms with van der Waals surface area (Å²) in [6.07, 6.45) is 2.05. The van der Waals surface area contributed by atoms with Crippen LogP contribution in [0.5, 0.6) is 5.75 Å². The third-order valence-corrected chi connectivity index (χ3v) is 2.69. The van der Waals surface area contributed by atoms with Gasteiger partial charge in [0.15, 0.2) is 0 Å². The number of hydrogen-bond acceptors (Lipinski definition) is 2. The van der Waals surface area contributed by atoms with Gasteiger partial charge in [-0.3, -0.25) is 0 Å². The third kappa shape index (κ3) is 3.99. The number of halogens is 1. The fraction of sp³-hybridized carbons (Fsp3) is 0.385. The Bertz CT molecular complexity index is 382. The van der Waals surface area contributed by atoms with E-state index < -0.39 is 0 Å². The first kappa shape index (κ1) is 13.3. The summed E-state index contributed by atoms with van der Waals surface area (Å²) >= 11 is 3.43. The van der Waals surface area contributed by atoms with E-state index in [9.17, 15) is 0 Å². The Hall–Kier alpha value is -0.800. The number of ether oxygens (including phenoxy) is 1.